The van der Waals surface area contributed by atoms with Crippen molar-refractivity contribution >= 4 is 5.91 Å². The summed E-state index contributed by atoms with van der Waals surface area (Å²) in [5.74, 6) is 0.587. The van der Waals surface area contributed by atoms with Crippen LogP contribution in [-0.4, -0.2) is 73.3 Å². The Hall–Kier alpha value is -1.50. The molecule has 0 radical (unpaired) electrons. The predicted octanol–water partition coefficient (Wildman–Crippen LogP) is 1.17. The van der Waals surface area contributed by atoms with Gasteiger partial charge in [0.2, 0.25) is 5.91 Å². The average molecular weight is 333 g/mol. The topological polar surface area (TPSA) is 54.9 Å². The lowest BCUT2D eigenvalue weighted by Gasteiger charge is -2.41. The molecule has 2 saturated heterocycles. The number of rotatable bonds is 6. The zero-order valence-electron chi connectivity index (χ0n) is 14.6. The first-order chi connectivity index (χ1) is 11.7. The van der Waals surface area contributed by atoms with E-state index >= 15 is 0 Å². The molecule has 0 N–H and O–H groups in total. The van der Waals surface area contributed by atoms with Crippen molar-refractivity contribution in [1.82, 2.24) is 14.8 Å². The van der Waals surface area contributed by atoms with Crippen LogP contribution in [0.2, 0.25) is 0 Å². The van der Waals surface area contributed by atoms with E-state index in [2.05, 4.69) is 26.9 Å². The Kier molecular flexibility index (Phi) is 5.81. The highest BCUT2D eigenvalue weighted by molar-refractivity contribution is 5.77. The second kappa shape index (κ2) is 8.05. The summed E-state index contributed by atoms with van der Waals surface area (Å²) in [4.78, 5) is 21.1. The molecule has 0 unspecified atom stereocenters. The van der Waals surface area contributed by atoms with Crippen LogP contribution in [0.5, 0.6) is 0 Å². The fourth-order valence-electron chi connectivity index (χ4n) is 4.05. The minimum atomic E-state index is 0.201. The Morgan fingerprint density at radius 2 is 2.08 bits per heavy atom. The van der Waals surface area contributed by atoms with Gasteiger partial charge in [-0.15, -0.1) is 0 Å². The average Bonchev–Trinajstić information content (AvgIpc) is 3.03. The molecular weight excluding hydrogens is 306 g/mol. The summed E-state index contributed by atoms with van der Waals surface area (Å²) in [6, 6.07) is 4.35. The van der Waals surface area contributed by atoms with Crippen LogP contribution in [0.15, 0.2) is 24.5 Å². The van der Waals surface area contributed by atoms with Crippen LogP contribution in [0.3, 0.4) is 0 Å². The number of hydrogen-bond donors (Lipinski definition) is 0. The first-order valence-corrected chi connectivity index (χ1v) is 8.65. The summed E-state index contributed by atoms with van der Waals surface area (Å²) >= 11 is 0. The van der Waals surface area contributed by atoms with Crippen molar-refractivity contribution in [2.24, 2.45) is 5.92 Å². The third kappa shape index (κ3) is 3.77. The number of pyridine rings is 1. The molecule has 0 aromatic carbocycles. The fraction of sp³-hybridized carbons (Fsp3) is 0.667. The number of likely N-dealkylation sites (tertiary alicyclic amines) is 2. The molecule has 0 saturated carbocycles. The van der Waals surface area contributed by atoms with Gasteiger partial charge in [0.1, 0.15) is 0 Å². The molecule has 2 fully saturated rings. The van der Waals surface area contributed by atoms with Gasteiger partial charge in [0, 0.05) is 58.7 Å². The number of amides is 1. The first kappa shape index (κ1) is 17.3. The minimum Gasteiger partial charge on any atom is -0.384 e. The van der Waals surface area contributed by atoms with E-state index in [1.165, 1.54) is 5.56 Å². The van der Waals surface area contributed by atoms with Gasteiger partial charge in [-0.1, -0.05) is 0 Å². The maximum absolute atomic E-state index is 12.5. The summed E-state index contributed by atoms with van der Waals surface area (Å²) in [7, 11) is 3.43. The molecule has 3 rings (SSSR count). The van der Waals surface area contributed by atoms with Crippen LogP contribution >= 0.6 is 0 Å². The van der Waals surface area contributed by atoms with E-state index in [0.29, 0.717) is 18.9 Å². The molecule has 6 heteroatoms. The summed E-state index contributed by atoms with van der Waals surface area (Å²) in [6.45, 7) is 4.05. The van der Waals surface area contributed by atoms with Gasteiger partial charge in [0.05, 0.1) is 25.2 Å². The highest BCUT2D eigenvalue weighted by atomic mass is 16.5. The van der Waals surface area contributed by atoms with Crippen molar-refractivity contribution in [2.75, 3.05) is 40.5 Å². The minimum absolute atomic E-state index is 0.201. The maximum Gasteiger partial charge on any atom is 0.225 e. The van der Waals surface area contributed by atoms with Gasteiger partial charge in [-0.3, -0.25) is 14.7 Å². The van der Waals surface area contributed by atoms with Gasteiger partial charge in [0.15, 0.2) is 0 Å². The number of carbonyl (C=O) groups excluding carboxylic acids is 1. The molecule has 0 spiro atoms. The van der Waals surface area contributed by atoms with Gasteiger partial charge in [-0.25, -0.2) is 0 Å². The third-order valence-corrected chi connectivity index (χ3v) is 5.24. The van der Waals surface area contributed by atoms with E-state index in [0.717, 1.165) is 32.6 Å². The summed E-state index contributed by atoms with van der Waals surface area (Å²) in [5.41, 5.74) is 1.26. The van der Waals surface area contributed by atoms with Crippen molar-refractivity contribution in [3.63, 3.8) is 0 Å². The Balaban J connectivity index is 1.68. The molecule has 3 atom stereocenters. The molecule has 0 bridgehead atoms. The van der Waals surface area contributed by atoms with Crippen molar-refractivity contribution in [3.8, 4) is 0 Å². The number of methoxy groups -OCH3 is 2. The van der Waals surface area contributed by atoms with Crippen LogP contribution in [0.1, 0.15) is 18.4 Å². The molecule has 1 amide bonds. The van der Waals surface area contributed by atoms with Crippen LogP contribution in [-0.2, 0) is 20.8 Å². The maximum atomic E-state index is 12.5. The zero-order valence-corrected chi connectivity index (χ0v) is 14.6. The lowest BCUT2D eigenvalue weighted by molar-refractivity contribution is -0.139. The quantitative estimate of drug-likeness (QED) is 0.782. The van der Waals surface area contributed by atoms with Gasteiger partial charge < -0.3 is 14.4 Å². The second-order valence-corrected chi connectivity index (χ2v) is 6.67. The third-order valence-electron chi connectivity index (χ3n) is 5.24. The molecule has 0 aliphatic carbocycles. The molecule has 2 aliphatic heterocycles. The summed E-state index contributed by atoms with van der Waals surface area (Å²) in [6.07, 6.45) is 5.28. The highest BCUT2D eigenvalue weighted by Crippen LogP contribution is 2.33. The Morgan fingerprint density at radius 1 is 1.29 bits per heavy atom. The lowest BCUT2D eigenvalue weighted by Crippen LogP contribution is -2.53. The number of hydrogen-bond acceptors (Lipinski definition) is 5. The highest BCUT2D eigenvalue weighted by Gasteiger charge is 2.45. The molecule has 24 heavy (non-hydrogen) atoms. The van der Waals surface area contributed by atoms with Gasteiger partial charge in [-0.2, -0.15) is 0 Å². The molecule has 1 aromatic heterocycles. The Bertz CT molecular complexity index is 540. The van der Waals surface area contributed by atoms with Crippen LogP contribution in [0, 0.1) is 5.92 Å². The Labute approximate surface area is 143 Å². The Morgan fingerprint density at radius 3 is 2.79 bits per heavy atom. The van der Waals surface area contributed by atoms with Gasteiger partial charge in [0.25, 0.3) is 0 Å². The predicted molar refractivity (Wildman–Crippen MR) is 90.4 cm³/mol. The standard InChI is InChI=1S/C18H27N3O3/c1-23-10-6-18(22)21-9-5-17(24-2)15-12-20(13-16(15)21)11-14-3-7-19-8-4-14/h3-4,7-8,15-17H,5-6,9-13H2,1-2H3/t15-,16+,17-/m1/s1. The lowest BCUT2D eigenvalue weighted by atomic mass is 9.89. The normalized spacial score (nSPS) is 27.2. The summed E-state index contributed by atoms with van der Waals surface area (Å²) < 4.78 is 10.8. The van der Waals surface area contributed by atoms with Crippen molar-refractivity contribution in [1.29, 1.82) is 0 Å². The zero-order chi connectivity index (χ0) is 16.9. The van der Waals surface area contributed by atoms with Crippen molar-refractivity contribution < 1.29 is 14.3 Å². The van der Waals surface area contributed by atoms with Crippen molar-refractivity contribution in [2.45, 2.75) is 31.5 Å². The number of carbonyl (C=O) groups is 1. The molecule has 3 heterocycles. The van der Waals surface area contributed by atoms with E-state index in [4.69, 9.17) is 9.47 Å². The molecule has 132 valence electrons. The molecule has 6 nitrogen and oxygen atoms in total. The van der Waals surface area contributed by atoms with E-state index in [1.54, 1.807) is 14.2 Å². The van der Waals surface area contributed by atoms with Crippen LogP contribution < -0.4 is 0 Å². The van der Waals surface area contributed by atoms with E-state index in [-0.39, 0.29) is 18.1 Å². The number of ether oxygens (including phenoxy) is 2. The summed E-state index contributed by atoms with van der Waals surface area (Å²) in [5, 5.41) is 0. The number of fused-ring (bicyclic) bond motifs is 1. The fourth-order valence-corrected chi connectivity index (χ4v) is 4.05. The number of piperidine rings is 1. The monoisotopic (exact) mass is 333 g/mol. The second-order valence-electron chi connectivity index (χ2n) is 6.67. The van der Waals surface area contributed by atoms with E-state index in [9.17, 15) is 4.79 Å². The first-order valence-electron chi connectivity index (χ1n) is 8.65. The number of nitrogens with zero attached hydrogens (tertiary/aromatic N) is 3. The van der Waals surface area contributed by atoms with Gasteiger partial charge >= 0.3 is 0 Å². The van der Waals surface area contributed by atoms with Gasteiger partial charge in [-0.05, 0) is 24.1 Å². The molecular formula is C18H27N3O3. The van der Waals surface area contributed by atoms with Crippen molar-refractivity contribution in [3.05, 3.63) is 30.1 Å². The molecule has 2 aliphatic rings. The van der Waals surface area contributed by atoms with E-state index < -0.39 is 0 Å². The SMILES string of the molecule is COCCC(=O)N1CC[C@@H](OC)[C@@H]2CN(Cc3ccncc3)C[C@@H]21. The van der Waals surface area contributed by atoms with Crippen LogP contribution in [0.25, 0.3) is 0 Å². The smallest absolute Gasteiger partial charge is 0.225 e. The number of aromatic nitrogens is 1. The largest absolute Gasteiger partial charge is 0.384 e. The van der Waals surface area contributed by atoms with Crippen LogP contribution in [0.4, 0.5) is 0 Å². The molecule has 1 aromatic rings. The van der Waals surface area contributed by atoms with E-state index in [1.807, 2.05) is 12.4 Å².